The van der Waals surface area contributed by atoms with Crippen molar-refractivity contribution in [2.75, 3.05) is 6.61 Å². The molecule has 0 aliphatic heterocycles. The number of unbranched alkanes of at least 4 members (excludes halogenated alkanes) is 9. The molecular formula is C24H33NO3. The predicted molar refractivity (Wildman–Crippen MR) is 116 cm³/mol. The van der Waals surface area contributed by atoms with Gasteiger partial charge in [0.1, 0.15) is 5.75 Å². The highest BCUT2D eigenvalue weighted by atomic mass is 16.6. The van der Waals surface area contributed by atoms with E-state index < -0.39 is 0 Å². The molecule has 28 heavy (non-hydrogen) atoms. The van der Waals surface area contributed by atoms with Crippen LogP contribution in [-0.2, 0) is 0 Å². The maximum atomic E-state index is 10.7. The summed E-state index contributed by atoms with van der Waals surface area (Å²) in [5, 5.41) is 10.7. The Bertz CT molecular complexity index is 680. The van der Waals surface area contributed by atoms with Crippen LogP contribution in [0.1, 0.15) is 71.1 Å². The Hall–Kier alpha value is -2.36. The lowest BCUT2D eigenvalue weighted by molar-refractivity contribution is -0.384. The van der Waals surface area contributed by atoms with E-state index in [9.17, 15) is 10.1 Å². The highest BCUT2D eigenvalue weighted by molar-refractivity contribution is 5.65. The number of nitrogens with zero attached hydrogens (tertiary/aromatic N) is 1. The Morgan fingerprint density at radius 2 is 1.18 bits per heavy atom. The summed E-state index contributed by atoms with van der Waals surface area (Å²) in [6, 6.07) is 14.5. The molecule has 0 aliphatic rings. The van der Waals surface area contributed by atoms with Crippen LogP contribution in [0.25, 0.3) is 11.1 Å². The van der Waals surface area contributed by atoms with Gasteiger partial charge in [-0.15, -0.1) is 0 Å². The van der Waals surface area contributed by atoms with Crippen LogP contribution >= 0.6 is 0 Å². The number of non-ortho nitro benzene ring substituents is 1. The minimum Gasteiger partial charge on any atom is -0.494 e. The zero-order valence-electron chi connectivity index (χ0n) is 17.1. The molecule has 0 saturated carbocycles. The van der Waals surface area contributed by atoms with Crippen molar-refractivity contribution in [2.24, 2.45) is 0 Å². The van der Waals surface area contributed by atoms with Crippen molar-refractivity contribution in [2.45, 2.75) is 71.1 Å². The van der Waals surface area contributed by atoms with Crippen molar-refractivity contribution in [3.8, 4) is 16.9 Å². The van der Waals surface area contributed by atoms with Gasteiger partial charge in [0, 0.05) is 12.1 Å². The molecule has 0 spiro atoms. The molecule has 0 N–H and O–H groups in total. The van der Waals surface area contributed by atoms with E-state index in [0.29, 0.717) is 0 Å². The van der Waals surface area contributed by atoms with Crippen LogP contribution in [0.5, 0.6) is 5.75 Å². The molecule has 0 unspecified atom stereocenters. The zero-order valence-corrected chi connectivity index (χ0v) is 17.1. The third kappa shape index (κ3) is 8.12. The largest absolute Gasteiger partial charge is 0.494 e. The molecule has 0 amide bonds. The first-order valence-electron chi connectivity index (χ1n) is 10.7. The fourth-order valence-corrected chi connectivity index (χ4v) is 3.30. The third-order valence-electron chi connectivity index (χ3n) is 5.03. The SMILES string of the molecule is CCCCCCCCCCCCOc1ccc(-c2ccc([N+](=O)[O-])cc2)cc1. The quantitative estimate of drug-likeness (QED) is 0.192. The number of nitro groups is 1. The van der Waals surface area contributed by atoms with E-state index in [-0.39, 0.29) is 10.6 Å². The highest BCUT2D eigenvalue weighted by Gasteiger charge is 2.05. The van der Waals surface area contributed by atoms with Crippen LogP contribution in [-0.4, -0.2) is 11.5 Å². The minimum absolute atomic E-state index is 0.111. The minimum atomic E-state index is -0.381. The summed E-state index contributed by atoms with van der Waals surface area (Å²) < 4.78 is 5.83. The van der Waals surface area contributed by atoms with Crippen molar-refractivity contribution in [3.05, 3.63) is 58.6 Å². The number of benzene rings is 2. The average molecular weight is 384 g/mol. The molecule has 4 heteroatoms. The number of rotatable bonds is 14. The molecule has 0 heterocycles. The van der Waals surface area contributed by atoms with Crippen molar-refractivity contribution >= 4 is 5.69 Å². The molecular weight excluding hydrogens is 350 g/mol. The van der Waals surface area contributed by atoms with Crippen LogP contribution in [0.4, 0.5) is 5.69 Å². The summed E-state index contributed by atoms with van der Waals surface area (Å²) in [7, 11) is 0. The van der Waals surface area contributed by atoms with Crippen LogP contribution in [0, 0.1) is 10.1 Å². The summed E-state index contributed by atoms with van der Waals surface area (Å²) in [5.41, 5.74) is 2.10. The van der Waals surface area contributed by atoms with E-state index in [1.165, 1.54) is 69.9 Å². The van der Waals surface area contributed by atoms with Gasteiger partial charge in [-0.1, -0.05) is 76.8 Å². The van der Waals surface area contributed by atoms with Crippen LogP contribution in [0.3, 0.4) is 0 Å². The second kappa shape index (κ2) is 12.9. The van der Waals surface area contributed by atoms with Gasteiger partial charge in [-0.3, -0.25) is 10.1 Å². The Morgan fingerprint density at radius 1 is 0.714 bits per heavy atom. The van der Waals surface area contributed by atoms with Crippen LogP contribution in [0.15, 0.2) is 48.5 Å². The molecule has 2 rings (SSSR count). The Morgan fingerprint density at radius 3 is 1.68 bits per heavy atom. The Kier molecular flexibility index (Phi) is 10.1. The smallest absolute Gasteiger partial charge is 0.269 e. The van der Waals surface area contributed by atoms with Crippen molar-refractivity contribution in [1.29, 1.82) is 0 Å². The lowest BCUT2D eigenvalue weighted by atomic mass is 10.1. The first-order valence-corrected chi connectivity index (χ1v) is 10.7. The van der Waals surface area contributed by atoms with Gasteiger partial charge in [0.05, 0.1) is 11.5 Å². The number of ether oxygens (including phenoxy) is 1. The lowest BCUT2D eigenvalue weighted by Gasteiger charge is -2.08. The zero-order chi connectivity index (χ0) is 20.0. The van der Waals surface area contributed by atoms with Gasteiger partial charge >= 0.3 is 0 Å². The van der Waals surface area contributed by atoms with Gasteiger partial charge in [0.2, 0.25) is 0 Å². The first-order chi connectivity index (χ1) is 13.7. The summed E-state index contributed by atoms with van der Waals surface area (Å²) in [5.74, 6) is 0.876. The Balaban J connectivity index is 1.59. The van der Waals surface area contributed by atoms with Gasteiger partial charge in [-0.25, -0.2) is 0 Å². The molecule has 0 bridgehead atoms. The molecule has 0 fully saturated rings. The highest BCUT2D eigenvalue weighted by Crippen LogP contribution is 2.24. The topological polar surface area (TPSA) is 52.4 Å². The van der Waals surface area contributed by atoms with Crippen molar-refractivity contribution < 1.29 is 9.66 Å². The second-order valence-corrected chi connectivity index (χ2v) is 7.36. The lowest BCUT2D eigenvalue weighted by Crippen LogP contribution is -1.97. The predicted octanol–water partition coefficient (Wildman–Crippen LogP) is 7.56. The monoisotopic (exact) mass is 383 g/mol. The van der Waals surface area contributed by atoms with E-state index >= 15 is 0 Å². The number of nitro benzene ring substituents is 1. The van der Waals surface area contributed by atoms with E-state index in [4.69, 9.17) is 4.74 Å². The summed E-state index contributed by atoms with van der Waals surface area (Å²) >= 11 is 0. The van der Waals surface area contributed by atoms with Gasteiger partial charge in [-0.05, 0) is 41.8 Å². The Labute approximate surface area is 169 Å². The van der Waals surface area contributed by atoms with E-state index in [0.717, 1.165) is 29.9 Å². The van der Waals surface area contributed by atoms with E-state index in [2.05, 4.69) is 6.92 Å². The fourth-order valence-electron chi connectivity index (χ4n) is 3.30. The summed E-state index contributed by atoms with van der Waals surface area (Å²) in [6.07, 6.45) is 13.2. The fraction of sp³-hybridized carbons (Fsp3) is 0.500. The van der Waals surface area contributed by atoms with Crippen LogP contribution < -0.4 is 4.74 Å². The van der Waals surface area contributed by atoms with Crippen LogP contribution in [0.2, 0.25) is 0 Å². The number of hydrogen-bond donors (Lipinski definition) is 0. The molecule has 0 atom stereocenters. The van der Waals surface area contributed by atoms with Crippen molar-refractivity contribution in [3.63, 3.8) is 0 Å². The van der Waals surface area contributed by atoms with Crippen molar-refractivity contribution in [1.82, 2.24) is 0 Å². The molecule has 4 nitrogen and oxygen atoms in total. The molecule has 2 aromatic carbocycles. The normalized spacial score (nSPS) is 10.8. The molecule has 0 aliphatic carbocycles. The summed E-state index contributed by atoms with van der Waals surface area (Å²) in [6.45, 7) is 3.02. The molecule has 152 valence electrons. The summed E-state index contributed by atoms with van der Waals surface area (Å²) in [4.78, 5) is 10.3. The third-order valence-corrected chi connectivity index (χ3v) is 5.03. The molecule has 0 saturated heterocycles. The van der Waals surface area contributed by atoms with Gasteiger partial charge < -0.3 is 4.74 Å². The average Bonchev–Trinajstić information content (AvgIpc) is 2.72. The maximum Gasteiger partial charge on any atom is 0.269 e. The molecule has 0 radical (unpaired) electrons. The van der Waals surface area contributed by atoms with Gasteiger partial charge in [-0.2, -0.15) is 0 Å². The second-order valence-electron chi connectivity index (χ2n) is 7.36. The first kappa shape index (κ1) is 21.9. The van der Waals surface area contributed by atoms with Gasteiger partial charge in [0.15, 0.2) is 0 Å². The maximum absolute atomic E-state index is 10.7. The van der Waals surface area contributed by atoms with E-state index in [1.807, 2.05) is 24.3 Å². The van der Waals surface area contributed by atoms with Gasteiger partial charge in [0.25, 0.3) is 5.69 Å². The standard InChI is InChI=1S/C24H33NO3/c1-2-3-4-5-6-7-8-9-10-11-20-28-24-18-14-22(15-19-24)21-12-16-23(17-13-21)25(26)27/h12-19H,2-11,20H2,1H3. The molecule has 0 aromatic heterocycles. The number of hydrogen-bond acceptors (Lipinski definition) is 3. The van der Waals surface area contributed by atoms with E-state index in [1.54, 1.807) is 12.1 Å². The molecule has 2 aromatic rings.